The van der Waals surface area contributed by atoms with Crippen LogP contribution in [-0.2, 0) is 13.0 Å². The van der Waals surface area contributed by atoms with Crippen molar-refractivity contribution >= 4 is 17.7 Å². The first-order valence-electron chi connectivity index (χ1n) is 9.40. The highest BCUT2D eigenvalue weighted by molar-refractivity contribution is 7.98. The lowest BCUT2D eigenvalue weighted by Gasteiger charge is -2.12. The predicted octanol–water partition coefficient (Wildman–Crippen LogP) is 3.85. The molecule has 1 aromatic carbocycles. The van der Waals surface area contributed by atoms with E-state index < -0.39 is 0 Å². The maximum absolute atomic E-state index is 12.3. The molecule has 1 heterocycles. The van der Waals surface area contributed by atoms with Gasteiger partial charge in [-0.1, -0.05) is 45.5 Å². The van der Waals surface area contributed by atoms with E-state index in [1.165, 1.54) is 0 Å². The molecule has 0 saturated heterocycles. The third-order valence-electron chi connectivity index (χ3n) is 4.32. The molecular weight excluding hydrogens is 360 g/mol. The summed E-state index contributed by atoms with van der Waals surface area (Å²) in [5, 5.41) is 22.5. The number of thioether (sulfide) groups is 1. The van der Waals surface area contributed by atoms with Crippen molar-refractivity contribution in [1.82, 2.24) is 20.1 Å². The molecule has 1 amide bonds. The van der Waals surface area contributed by atoms with Crippen molar-refractivity contribution in [2.24, 2.45) is 5.92 Å². The molecule has 0 aliphatic heterocycles. The lowest BCUT2D eigenvalue weighted by Crippen LogP contribution is -2.25. The zero-order valence-electron chi connectivity index (χ0n) is 16.8. The molecule has 0 saturated carbocycles. The number of nitrogens with zero attached hydrogens (tertiary/aromatic N) is 3. The van der Waals surface area contributed by atoms with Crippen LogP contribution in [0, 0.1) is 5.92 Å². The van der Waals surface area contributed by atoms with Crippen LogP contribution in [0.3, 0.4) is 0 Å². The Balaban J connectivity index is 1.90. The highest BCUT2D eigenvalue weighted by Crippen LogP contribution is 2.23. The van der Waals surface area contributed by atoms with Gasteiger partial charge in [-0.05, 0) is 42.2 Å². The topological polar surface area (TPSA) is 80.0 Å². The van der Waals surface area contributed by atoms with Crippen LogP contribution < -0.4 is 5.32 Å². The van der Waals surface area contributed by atoms with E-state index in [1.807, 2.05) is 12.3 Å². The molecule has 2 rings (SSSR count). The smallest absolute Gasteiger partial charge is 0.255 e. The van der Waals surface area contributed by atoms with E-state index in [-0.39, 0.29) is 11.7 Å². The Kier molecular flexibility index (Phi) is 7.71. The van der Waals surface area contributed by atoms with Gasteiger partial charge in [-0.2, -0.15) is 0 Å². The van der Waals surface area contributed by atoms with Crippen molar-refractivity contribution < 1.29 is 9.90 Å². The van der Waals surface area contributed by atoms with E-state index in [9.17, 15) is 9.90 Å². The van der Waals surface area contributed by atoms with Crippen molar-refractivity contribution in [1.29, 1.82) is 0 Å². The molecule has 2 N–H and O–H groups in total. The Morgan fingerprint density at radius 1 is 1.26 bits per heavy atom. The second-order valence-electron chi connectivity index (χ2n) is 7.40. The Hall–Kier alpha value is -2.02. The SMILES string of the molecule is CSc1nnc(CCCNC(=O)c2ccc(C(C)C)cc2O)n1CC(C)C. The van der Waals surface area contributed by atoms with Crippen LogP contribution in [0.25, 0.3) is 0 Å². The second kappa shape index (κ2) is 9.78. The quantitative estimate of drug-likeness (QED) is 0.502. The summed E-state index contributed by atoms with van der Waals surface area (Å²) in [6.07, 6.45) is 3.52. The van der Waals surface area contributed by atoms with Crippen LogP contribution in [0.1, 0.15) is 61.8 Å². The minimum absolute atomic E-state index is 0.0278. The van der Waals surface area contributed by atoms with Crippen molar-refractivity contribution in [3.05, 3.63) is 35.2 Å². The van der Waals surface area contributed by atoms with Crippen LogP contribution in [0.15, 0.2) is 23.4 Å². The fraction of sp³-hybridized carbons (Fsp3) is 0.550. The monoisotopic (exact) mass is 390 g/mol. The number of aromatic nitrogens is 3. The number of rotatable bonds is 9. The Morgan fingerprint density at radius 2 is 2.00 bits per heavy atom. The van der Waals surface area contributed by atoms with E-state index in [4.69, 9.17) is 0 Å². The minimum Gasteiger partial charge on any atom is -0.507 e. The minimum atomic E-state index is -0.253. The van der Waals surface area contributed by atoms with Gasteiger partial charge in [0.25, 0.3) is 5.91 Å². The van der Waals surface area contributed by atoms with Crippen molar-refractivity contribution in [2.45, 2.75) is 58.2 Å². The summed E-state index contributed by atoms with van der Waals surface area (Å²) >= 11 is 1.60. The maximum Gasteiger partial charge on any atom is 0.255 e. The van der Waals surface area contributed by atoms with Gasteiger partial charge in [0.15, 0.2) is 5.16 Å². The normalized spacial score (nSPS) is 11.4. The largest absolute Gasteiger partial charge is 0.507 e. The lowest BCUT2D eigenvalue weighted by atomic mass is 10.0. The van der Waals surface area contributed by atoms with Crippen LogP contribution in [-0.4, -0.2) is 38.6 Å². The van der Waals surface area contributed by atoms with E-state index in [0.717, 1.165) is 35.9 Å². The predicted molar refractivity (Wildman–Crippen MR) is 109 cm³/mol. The molecule has 0 aliphatic carbocycles. The number of carbonyl (C=O) groups is 1. The van der Waals surface area contributed by atoms with Crippen LogP contribution in [0.5, 0.6) is 5.75 Å². The van der Waals surface area contributed by atoms with Gasteiger partial charge >= 0.3 is 0 Å². The average Bonchev–Trinajstić information content (AvgIpc) is 2.99. The number of amides is 1. The van der Waals surface area contributed by atoms with Gasteiger partial charge in [0, 0.05) is 19.5 Å². The highest BCUT2D eigenvalue weighted by Gasteiger charge is 2.14. The Bertz CT molecular complexity index is 771. The number of benzene rings is 1. The summed E-state index contributed by atoms with van der Waals surface area (Å²) < 4.78 is 2.16. The van der Waals surface area contributed by atoms with Gasteiger partial charge in [0.1, 0.15) is 11.6 Å². The summed E-state index contributed by atoms with van der Waals surface area (Å²) in [7, 11) is 0. The van der Waals surface area contributed by atoms with Gasteiger partial charge in [0.2, 0.25) is 0 Å². The van der Waals surface area contributed by atoms with Crippen molar-refractivity contribution in [3.8, 4) is 5.75 Å². The molecule has 27 heavy (non-hydrogen) atoms. The number of aromatic hydroxyl groups is 1. The molecule has 0 bridgehead atoms. The van der Waals surface area contributed by atoms with Crippen LogP contribution in [0.2, 0.25) is 0 Å². The van der Waals surface area contributed by atoms with Crippen molar-refractivity contribution in [2.75, 3.05) is 12.8 Å². The number of hydrogen-bond donors (Lipinski definition) is 2. The molecule has 0 spiro atoms. The summed E-state index contributed by atoms with van der Waals surface area (Å²) in [5.41, 5.74) is 1.32. The molecule has 7 heteroatoms. The molecule has 0 aliphatic rings. The fourth-order valence-corrected chi connectivity index (χ4v) is 3.37. The Morgan fingerprint density at radius 3 is 2.59 bits per heavy atom. The van der Waals surface area contributed by atoms with Gasteiger partial charge in [-0.25, -0.2) is 0 Å². The molecule has 0 radical (unpaired) electrons. The first-order valence-corrected chi connectivity index (χ1v) is 10.6. The molecule has 0 atom stereocenters. The highest BCUT2D eigenvalue weighted by atomic mass is 32.2. The van der Waals surface area contributed by atoms with Gasteiger partial charge in [-0.3, -0.25) is 4.79 Å². The Labute approximate surface area is 165 Å². The number of phenols is 1. The molecule has 1 aromatic heterocycles. The number of carbonyl (C=O) groups excluding carboxylic acids is 1. The number of phenolic OH excluding ortho intramolecular Hbond substituents is 1. The number of aryl methyl sites for hydroxylation is 1. The summed E-state index contributed by atoms with van der Waals surface area (Å²) in [4.78, 5) is 12.3. The van der Waals surface area contributed by atoms with E-state index in [0.29, 0.717) is 23.9 Å². The second-order valence-corrected chi connectivity index (χ2v) is 8.17. The summed E-state index contributed by atoms with van der Waals surface area (Å²) in [6, 6.07) is 5.24. The zero-order chi connectivity index (χ0) is 20.0. The maximum atomic E-state index is 12.3. The van der Waals surface area contributed by atoms with E-state index >= 15 is 0 Å². The molecule has 6 nitrogen and oxygen atoms in total. The van der Waals surface area contributed by atoms with E-state index in [1.54, 1.807) is 23.9 Å². The van der Waals surface area contributed by atoms with Gasteiger partial charge < -0.3 is 15.0 Å². The molecule has 0 unspecified atom stereocenters. The molecular formula is C20H30N4O2S. The summed E-state index contributed by atoms with van der Waals surface area (Å²) in [5.74, 6) is 1.55. The van der Waals surface area contributed by atoms with Crippen LogP contribution in [0.4, 0.5) is 0 Å². The van der Waals surface area contributed by atoms with Crippen LogP contribution >= 0.6 is 11.8 Å². The standard InChI is InChI=1S/C20H30N4O2S/c1-13(2)12-24-18(22-23-20(24)27-5)7-6-10-21-19(26)16-9-8-15(14(3)4)11-17(16)25/h8-9,11,13-14,25H,6-7,10,12H2,1-5H3,(H,21,26). The molecule has 2 aromatic rings. The molecule has 148 valence electrons. The number of hydrogen-bond acceptors (Lipinski definition) is 5. The average molecular weight is 391 g/mol. The fourth-order valence-electron chi connectivity index (χ4n) is 2.85. The lowest BCUT2D eigenvalue weighted by molar-refractivity contribution is 0.0950. The third kappa shape index (κ3) is 5.73. The zero-order valence-corrected chi connectivity index (χ0v) is 17.6. The third-order valence-corrected chi connectivity index (χ3v) is 4.99. The van der Waals surface area contributed by atoms with Crippen molar-refractivity contribution in [3.63, 3.8) is 0 Å². The first kappa shape index (κ1) is 21.3. The summed E-state index contributed by atoms with van der Waals surface area (Å²) in [6.45, 7) is 9.86. The molecule has 0 fully saturated rings. The van der Waals surface area contributed by atoms with Gasteiger partial charge in [-0.15, -0.1) is 10.2 Å². The van der Waals surface area contributed by atoms with Gasteiger partial charge in [0.05, 0.1) is 5.56 Å². The number of nitrogens with one attached hydrogen (secondary N) is 1. The van der Waals surface area contributed by atoms with E-state index in [2.05, 4.69) is 47.8 Å². The first-order chi connectivity index (χ1) is 12.8.